The molecule has 0 spiro atoms. The molecule has 0 radical (unpaired) electrons. The Labute approximate surface area is 106 Å². The topological polar surface area (TPSA) is 38.0 Å². The van der Waals surface area contributed by atoms with E-state index in [0.29, 0.717) is 12.5 Å². The predicted molar refractivity (Wildman–Crippen MR) is 75.1 cm³/mol. The molecule has 0 aliphatic carbocycles. The van der Waals surface area contributed by atoms with E-state index in [-0.39, 0.29) is 5.54 Å². The van der Waals surface area contributed by atoms with Gasteiger partial charge in [-0.05, 0) is 37.8 Å². The van der Waals surface area contributed by atoms with Gasteiger partial charge in [0, 0.05) is 18.6 Å². The zero-order valence-corrected chi connectivity index (χ0v) is 11.8. The van der Waals surface area contributed by atoms with E-state index in [4.69, 9.17) is 5.73 Å². The molecule has 17 heavy (non-hydrogen) atoms. The second-order valence-corrected chi connectivity index (χ2v) is 5.56. The molecule has 0 aromatic heterocycles. The summed E-state index contributed by atoms with van der Waals surface area (Å²) < 4.78 is 0. The molecule has 2 nitrogen and oxygen atoms in total. The Kier molecular flexibility index (Phi) is 4.72. The van der Waals surface area contributed by atoms with Gasteiger partial charge in [-0.2, -0.15) is 0 Å². The minimum Gasteiger partial charge on any atom is -0.329 e. The van der Waals surface area contributed by atoms with Gasteiger partial charge in [-0.25, -0.2) is 0 Å². The number of aryl methyl sites for hydroxylation is 2. The summed E-state index contributed by atoms with van der Waals surface area (Å²) in [7, 11) is 0. The van der Waals surface area contributed by atoms with E-state index >= 15 is 0 Å². The number of hydrogen-bond acceptors (Lipinski definition) is 2. The van der Waals surface area contributed by atoms with E-state index in [0.717, 1.165) is 6.54 Å². The average molecular weight is 234 g/mol. The van der Waals surface area contributed by atoms with Crippen LogP contribution in [0.15, 0.2) is 18.2 Å². The number of hydrogen-bond donors (Lipinski definition) is 2. The van der Waals surface area contributed by atoms with Crippen molar-refractivity contribution in [1.29, 1.82) is 0 Å². The van der Waals surface area contributed by atoms with Crippen molar-refractivity contribution in [3.05, 3.63) is 34.9 Å². The van der Waals surface area contributed by atoms with E-state index in [1.54, 1.807) is 0 Å². The summed E-state index contributed by atoms with van der Waals surface area (Å²) >= 11 is 0. The molecule has 96 valence electrons. The van der Waals surface area contributed by atoms with Crippen LogP contribution in [0.25, 0.3) is 0 Å². The van der Waals surface area contributed by atoms with Crippen molar-refractivity contribution >= 4 is 0 Å². The minimum atomic E-state index is 0.0112. The monoisotopic (exact) mass is 234 g/mol. The van der Waals surface area contributed by atoms with Crippen LogP contribution in [0.4, 0.5) is 0 Å². The zero-order chi connectivity index (χ0) is 13.1. The molecule has 1 rings (SSSR count). The van der Waals surface area contributed by atoms with Gasteiger partial charge in [-0.15, -0.1) is 0 Å². The van der Waals surface area contributed by atoms with Crippen molar-refractivity contribution in [2.24, 2.45) is 11.7 Å². The third-order valence-electron chi connectivity index (χ3n) is 3.88. The first-order chi connectivity index (χ1) is 7.89. The SMILES string of the molecule is Cc1ccc(CNC(C)(CN)C(C)C)c(C)c1. The predicted octanol–water partition coefficient (Wildman–Crippen LogP) is 2.77. The molecule has 3 N–H and O–H groups in total. The number of benzene rings is 1. The van der Waals surface area contributed by atoms with Crippen LogP contribution in [0.2, 0.25) is 0 Å². The van der Waals surface area contributed by atoms with Crippen molar-refractivity contribution in [3.63, 3.8) is 0 Å². The Bertz CT molecular complexity index is 371. The van der Waals surface area contributed by atoms with Gasteiger partial charge in [-0.3, -0.25) is 0 Å². The maximum atomic E-state index is 5.87. The van der Waals surface area contributed by atoms with Gasteiger partial charge in [-0.1, -0.05) is 37.6 Å². The smallest absolute Gasteiger partial charge is 0.0301 e. The molecule has 0 aliphatic heterocycles. The fourth-order valence-electron chi connectivity index (χ4n) is 1.85. The third-order valence-corrected chi connectivity index (χ3v) is 3.88. The molecular weight excluding hydrogens is 208 g/mol. The van der Waals surface area contributed by atoms with Gasteiger partial charge in [0.15, 0.2) is 0 Å². The number of rotatable bonds is 5. The molecule has 0 saturated carbocycles. The Morgan fingerprint density at radius 3 is 2.41 bits per heavy atom. The first kappa shape index (κ1) is 14.2. The Hall–Kier alpha value is -0.860. The number of nitrogens with one attached hydrogen (secondary N) is 1. The lowest BCUT2D eigenvalue weighted by Crippen LogP contribution is -2.52. The van der Waals surface area contributed by atoms with E-state index in [2.05, 4.69) is 58.1 Å². The lowest BCUT2D eigenvalue weighted by Gasteiger charge is -2.34. The van der Waals surface area contributed by atoms with E-state index in [1.807, 2.05) is 0 Å². The summed E-state index contributed by atoms with van der Waals surface area (Å²) in [6, 6.07) is 6.60. The van der Waals surface area contributed by atoms with Gasteiger partial charge >= 0.3 is 0 Å². The lowest BCUT2D eigenvalue weighted by atomic mass is 9.88. The molecule has 1 atom stereocenters. The molecule has 0 aliphatic rings. The molecule has 1 unspecified atom stereocenters. The summed E-state index contributed by atoms with van der Waals surface area (Å²) in [4.78, 5) is 0. The van der Waals surface area contributed by atoms with Crippen molar-refractivity contribution in [2.75, 3.05) is 6.54 Å². The van der Waals surface area contributed by atoms with Gasteiger partial charge in [0.2, 0.25) is 0 Å². The molecule has 0 saturated heterocycles. The normalized spacial score (nSPS) is 15.0. The van der Waals surface area contributed by atoms with Crippen LogP contribution in [-0.4, -0.2) is 12.1 Å². The van der Waals surface area contributed by atoms with Gasteiger partial charge < -0.3 is 11.1 Å². The highest BCUT2D eigenvalue weighted by atomic mass is 15.0. The molecule has 2 heteroatoms. The van der Waals surface area contributed by atoms with Crippen molar-refractivity contribution in [1.82, 2.24) is 5.32 Å². The van der Waals surface area contributed by atoms with Crippen molar-refractivity contribution in [3.8, 4) is 0 Å². The molecule has 1 aromatic rings. The lowest BCUT2D eigenvalue weighted by molar-refractivity contribution is 0.267. The summed E-state index contributed by atoms with van der Waals surface area (Å²) in [6.45, 7) is 12.5. The van der Waals surface area contributed by atoms with Crippen LogP contribution in [0.1, 0.15) is 37.5 Å². The second kappa shape index (κ2) is 5.65. The first-order valence-corrected chi connectivity index (χ1v) is 6.40. The van der Waals surface area contributed by atoms with Crippen LogP contribution in [0, 0.1) is 19.8 Å². The molecule has 0 fully saturated rings. The highest BCUT2D eigenvalue weighted by Crippen LogP contribution is 2.17. The van der Waals surface area contributed by atoms with E-state index in [1.165, 1.54) is 16.7 Å². The first-order valence-electron chi connectivity index (χ1n) is 6.40. The van der Waals surface area contributed by atoms with E-state index < -0.39 is 0 Å². The zero-order valence-electron chi connectivity index (χ0n) is 11.8. The Balaban J connectivity index is 2.73. The van der Waals surface area contributed by atoms with Gasteiger partial charge in [0.05, 0.1) is 0 Å². The van der Waals surface area contributed by atoms with Crippen LogP contribution in [-0.2, 0) is 6.54 Å². The summed E-state index contributed by atoms with van der Waals surface area (Å²) in [5.41, 5.74) is 9.90. The highest BCUT2D eigenvalue weighted by Gasteiger charge is 2.25. The fourth-order valence-corrected chi connectivity index (χ4v) is 1.85. The second-order valence-electron chi connectivity index (χ2n) is 5.56. The molecule has 0 bridgehead atoms. The van der Waals surface area contributed by atoms with Crippen LogP contribution >= 0.6 is 0 Å². The molecule has 0 heterocycles. The standard InChI is InChI=1S/C15H26N2/c1-11(2)15(5,10-16)17-9-14-7-6-12(3)8-13(14)4/h6-8,11,17H,9-10,16H2,1-5H3. The highest BCUT2D eigenvalue weighted by molar-refractivity contribution is 5.30. The third kappa shape index (κ3) is 3.55. The summed E-state index contributed by atoms with van der Waals surface area (Å²) in [5, 5.41) is 3.60. The van der Waals surface area contributed by atoms with Gasteiger partial charge in [0.25, 0.3) is 0 Å². The van der Waals surface area contributed by atoms with Crippen LogP contribution in [0.3, 0.4) is 0 Å². The average Bonchev–Trinajstić information content (AvgIpc) is 2.27. The van der Waals surface area contributed by atoms with Crippen molar-refractivity contribution < 1.29 is 0 Å². The summed E-state index contributed by atoms with van der Waals surface area (Å²) in [6.07, 6.45) is 0. The maximum Gasteiger partial charge on any atom is 0.0301 e. The van der Waals surface area contributed by atoms with Crippen molar-refractivity contribution in [2.45, 2.75) is 46.7 Å². The quantitative estimate of drug-likeness (QED) is 0.822. The Morgan fingerprint density at radius 2 is 1.94 bits per heavy atom. The maximum absolute atomic E-state index is 5.87. The van der Waals surface area contributed by atoms with Crippen LogP contribution in [0.5, 0.6) is 0 Å². The molecular formula is C15H26N2. The summed E-state index contributed by atoms with van der Waals surface area (Å²) in [5.74, 6) is 0.526. The number of nitrogens with two attached hydrogens (primary N) is 1. The Morgan fingerprint density at radius 1 is 1.29 bits per heavy atom. The molecule has 1 aromatic carbocycles. The van der Waals surface area contributed by atoms with E-state index in [9.17, 15) is 0 Å². The largest absolute Gasteiger partial charge is 0.329 e. The fraction of sp³-hybridized carbons (Fsp3) is 0.600. The minimum absolute atomic E-state index is 0.0112. The van der Waals surface area contributed by atoms with Gasteiger partial charge in [0.1, 0.15) is 0 Å². The molecule has 0 amide bonds. The van der Waals surface area contributed by atoms with Crippen LogP contribution < -0.4 is 11.1 Å².